The van der Waals surface area contributed by atoms with Crippen molar-refractivity contribution in [3.63, 3.8) is 0 Å². The minimum Gasteiger partial charge on any atom is -0.347 e. The molecule has 164 valence electrons. The van der Waals surface area contributed by atoms with Crippen LogP contribution in [0.4, 0.5) is 0 Å². The summed E-state index contributed by atoms with van der Waals surface area (Å²) in [5.74, 6) is -0.0665. The van der Waals surface area contributed by atoms with Crippen molar-refractivity contribution in [2.24, 2.45) is 0 Å². The first kappa shape index (κ1) is 22.3. The number of rotatable bonds is 5. The van der Waals surface area contributed by atoms with E-state index in [1.807, 2.05) is 69.3 Å². The number of hydrogen-bond acceptors (Lipinski definition) is 1. The summed E-state index contributed by atoms with van der Waals surface area (Å²) in [7, 11) is 0. The van der Waals surface area contributed by atoms with E-state index < -0.39 is 0 Å². The summed E-state index contributed by atoms with van der Waals surface area (Å²) in [5.41, 5.74) is 6.82. The van der Waals surface area contributed by atoms with Gasteiger partial charge in [0.15, 0.2) is 0 Å². The molecule has 2 nitrogen and oxygen atoms in total. The second-order valence-electron chi connectivity index (χ2n) is 9.13. The second kappa shape index (κ2) is 9.70. The molecule has 0 unspecified atom stereocenters. The highest BCUT2D eigenvalue weighted by molar-refractivity contribution is 6.03. The topological polar surface area (TPSA) is 29.1 Å². The molecule has 0 saturated heterocycles. The average Bonchev–Trinajstić information content (AvgIpc) is 2.83. The van der Waals surface area contributed by atoms with Gasteiger partial charge in [0, 0.05) is 11.1 Å². The molecule has 4 rings (SSSR count). The van der Waals surface area contributed by atoms with Crippen LogP contribution in [0.1, 0.15) is 47.8 Å². The third-order valence-electron chi connectivity index (χ3n) is 5.38. The highest BCUT2D eigenvalue weighted by Gasteiger charge is 2.19. The molecule has 0 aliphatic carbocycles. The van der Waals surface area contributed by atoms with Crippen LogP contribution in [0.15, 0.2) is 109 Å². The molecule has 0 aromatic heterocycles. The summed E-state index contributed by atoms with van der Waals surface area (Å²) in [4.78, 5) is 13.1. The van der Waals surface area contributed by atoms with Crippen LogP contribution < -0.4 is 5.32 Å². The fraction of sp³-hybridized carbons (Fsp3) is 0.129. The molecule has 0 atom stereocenters. The Labute approximate surface area is 196 Å². The molecule has 0 radical (unpaired) electrons. The Kier molecular flexibility index (Phi) is 6.55. The summed E-state index contributed by atoms with van der Waals surface area (Å²) in [6.45, 7) is 5.99. The zero-order chi connectivity index (χ0) is 23.3. The van der Waals surface area contributed by atoms with Crippen molar-refractivity contribution in [1.82, 2.24) is 5.32 Å². The minimum atomic E-state index is -0.308. The van der Waals surface area contributed by atoms with Gasteiger partial charge in [0.2, 0.25) is 0 Å². The van der Waals surface area contributed by atoms with Crippen LogP contribution in [-0.2, 0) is 0 Å². The monoisotopic (exact) mass is 431 g/mol. The van der Waals surface area contributed by atoms with Gasteiger partial charge in [-0.25, -0.2) is 0 Å². The van der Waals surface area contributed by atoms with Gasteiger partial charge < -0.3 is 5.32 Å². The molecule has 1 amide bonds. The lowest BCUT2D eigenvalue weighted by Gasteiger charge is -2.22. The molecular formula is C31H29NO. The van der Waals surface area contributed by atoms with Crippen LogP contribution in [0.3, 0.4) is 0 Å². The molecule has 4 aromatic carbocycles. The number of benzene rings is 4. The van der Waals surface area contributed by atoms with Crippen molar-refractivity contribution < 1.29 is 4.79 Å². The Morgan fingerprint density at radius 3 is 1.70 bits per heavy atom. The summed E-state index contributed by atoms with van der Waals surface area (Å²) < 4.78 is 0. The Hall–Kier alpha value is -3.91. The standard InChI is InChI=1S/C31H29NO/c1-31(2,3)32-30(33)28-21-13-12-20-27(28)26-19-11-10-18-25(26)22-29(23-14-6-4-7-15-23)24-16-8-5-9-17-24/h4-22H,1-3H3,(H,32,33). The molecule has 0 saturated carbocycles. The largest absolute Gasteiger partial charge is 0.347 e. The molecular weight excluding hydrogens is 402 g/mol. The van der Waals surface area contributed by atoms with E-state index in [0.717, 1.165) is 33.4 Å². The zero-order valence-corrected chi connectivity index (χ0v) is 19.4. The zero-order valence-electron chi connectivity index (χ0n) is 19.4. The van der Waals surface area contributed by atoms with Crippen LogP contribution in [0.2, 0.25) is 0 Å². The van der Waals surface area contributed by atoms with Gasteiger partial charge in [0.25, 0.3) is 5.91 Å². The predicted octanol–water partition coefficient (Wildman–Crippen LogP) is 7.47. The van der Waals surface area contributed by atoms with Gasteiger partial charge in [-0.3, -0.25) is 4.79 Å². The Morgan fingerprint density at radius 1 is 0.636 bits per heavy atom. The first-order valence-electron chi connectivity index (χ1n) is 11.3. The smallest absolute Gasteiger partial charge is 0.252 e. The first-order chi connectivity index (χ1) is 15.9. The normalized spacial score (nSPS) is 11.0. The maximum absolute atomic E-state index is 13.1. The molecule has 1 N–H and O–H groups in total. The molecule has 2 heteroatoms. The van der Waals surface area contributed by atoms with Gasteiger partial charge >= 0.3 is 0 Å². The van der Waals surface area contributed by atoms with Crippen molar-refractivity contribution in [3.05, 3.63) is 131 Å². The van der Waals surface area contributed by atoms with E-state index in [4.69, 9.17) is 0 Å². The quantitative estimate of drug-likeness (QED) is 0.326. The van der Waals surface area contributed by atoms with E-state index in [9.17, 15) is 4.79 Å². The van der Waals surface area contributed by atoms with Crippen molar-refractivity contribution in [2.45, 2.75) is 26.3 Å². The van der Waals surface area contributed by atoms with Gasteiger partial charge in [-0.2, -0.15) is 0 Å². The molecule has 4 aromatic rings. The highest BCUT2D eigenvalue weighted by Crippen LogP contribution is 2.32. The number of carbonyl (C=O) groups excluding carboxylic acids is 1. The average molecular weight is 432 g/mol. The van der Waals surface area contributed by atoms with E-state index in [-0.39, 0.29) is 11.4 Å². The molecule has 33 heavy (non-hydrogen) atoms. The minimum absolute atomic E-state index is 0.0665. The van der Waals surface area contributed by atoms with E-state index >= 15 is 0 Å². The van der Waals surface area contributed by atoms with Crippen LogP contribution in [0, 0.1) is 0 Å². The SMILES string of the molecule is CC(C)(C)NC(=O)c1ccccc1-c1ccccc1C=C(c1ccccc1)c1ccccc1. The predicted molar refractivity (Wildman–Crippen MR) is 139 cm³/mol. The summed E-state index contributed by atoms with van der Waals surface area (Å²) in [6.07, 6.45) is 2.22. The summed E-state index contributed by atoms with van der Waals surface area (Å²) in [5, 5.41) is 3.10. The molecule has 0 bridgehead atoms. The van der Waals surface area contributed by atoms with Crippen molar-refractivity contribution in [1.29, 1.82) is 0 Å². The van der Waals surface area contributed by atoms with E-state index in [1.54, 1.807) is 0 Å². The van der Waals surface area contributed by atoms with Crippen LogP contribution in [0.25, 0.3) is 22.8 Å². The van der Waals surface area contributed by atoms with Gasteiger partial charge in [-0.1, -0.05) is 103 Å². The lowest BCUT2D eigenvalue weighted by atomic mass is 9.90. The molecule has 0 aliphatic heterocycles. The lowest BCUT2D eigenvalue weighted by molar-refractivity contribution is 0.0920. The summed E-state index contributed by atoms with van der Waals surface area (Å²) >= 11 is 0. The van der Waals surface area contributed by atoms with Crippen molar-refractivity contribution in [2.75, 3.05) is 0 Å². The molecule has 0 aliphatic rings. The number of nitrogens with one attached hydrogen (secondary N) is 1. The number of amides is 1. The third kappa shape index (κ3) is 5.48. The molecule has 0 heterocycles. The maximum atomic E-state index is 13.1. The number of hydrogen-bond donors (Lipinski definition) is 1. The van der Waals surface area contributed by atoms with Gasteiger partial charge in [0.05, 0.1) is 0 Å². The van der Waals surface area contributed by atoms with Crippen LogP contribution in [-0.4, -0.2) is 11.4 Å². The van der Waals surface area contributed by atoms with E-state index in [2.05, 4.69) is 72.1 Å². The lowest BCUT2D eigenvalue weighted by Crippen LogP contribution is -2.40. The van der Waals surface area contributed by atoms with Crippen molar-refractivity contribution >= 4 is 17.6 Å². The van der Waals surface area contributed by atoms with E-state index in [0.29, 0.717) is 5.56 Å². The molecule has 0 fully saturated rings. The Bertz CT molecular complexity index is 1220. The third-order valence-corrected chi connectivity index (χ3v) is 5.38. The van der Waals surface area contributed by atoms with Crippen molar-refractivity contribution in [3.8, 4) is 11.1 Å². The van der Waals surface area contributed by atoms with Crippen LogP contribution in [0.5, 0.6) is 0 Å². The van der Waals surface area contributed by atoms with Gasteiger partial charge in [0.1, 0.15) is 0 Å². The highest BCUT2D eigenvalue weighted by atomic mass is 16.1. The Balaban J connectivity index is 1.87. The number of carbonyl (C=O) groups is 1. The fourth-order valence-corrected chi connectivity index (χ4v) is 3.92. The second-order valence-corrected chi connectivity index (χ2v) is 9.13. The summed E-state index contributed by atoms with van der Waals surface area (Å²) in [6, 6.07) is 36.9. The van der Waals surface area contributed by atoms with Gasteiger partial charge in [-0.05, 0) is 66.3 Å². The van der Waals surface area contributed by atoms with Crippen LogP contribution >= 0.6 is 0 Å². The Morgan fingerprint density at radius 2 is 1.12 bits per heavy atom. The van der Waals surface area contributed by atoms with E-state index in [1.165, 1.54) is 0 Å². The first-order valence-corrected chi connectivity index (χ1v) is 11.3. The fourth-order valence-electron chi connectivity index (χ4n) is 3.92. The molecule has 0 spiro atoms. The maximum Gasteiger partial charge on any atom is 0.252 e. The van der Waals surface area contributed by atoms with Gasteiger partial charge in [-0.15, -0.1) is 0 Å².